The molecule has 8 nitrogen and oxygen atoms in total. The molecule has 2 saturated heterocycles. The maximum atomic E-state index is 14.5. The van der Waals surface area contributed by atoms with Crippen LogP contribution >= 0.6 is 0 Å². The third kappa shape index (κ3) is 5.03. The molecule has 0 bridgehead atoms. The van der Waals surface area contributed by atoms with Gasteiger partial charge < -0.3 is 24.3 Å². The van der Waals surface area contributed by atoms with E-state index in [1.54, 1.807) is 6.07 Å². The molecule has 6 rings (SSSR count). The number of amides is 1. The fraction of sp³-hybridized carbons (Fsp3) is 0.433. The lowest BCUT2D eigenvalue weighted by molar-refractivity contribution is -0.126. The first kappa shape index (κ1) is 25.6. The van der Waals surface area contributed by atoms with E-state index >= 15 is 0 Å². The lowest BCUT2D eigenvalue weighted by Crippen LogP contribution is -2.49. The van der Waals surface area contributed by atoms with Crippen LogP contribution in [0.15, 0.2) is 49.1 Å². The first-order valence-corrected chi connectivity index (χ1v) is 13.8. The molecule has 0 radical (unpaired) electrons. The van der Waals surface area contributed by atoms with Crippen LogP contribution in [0.3, 0.4) is 0 Å². The highest BCUT2D eigenvalue weighted by Crippen LogP contribution is 2.35. The minimum atomic E-state index is -0.210. The molecule has 1 amide bonds. The van der Waals surface area contributed by atoms with E-state index in [-0.39, 0.29) is 11.7 Å². The molecule has 0 aliphatic carbocycles. The summed E-state index contributed by atoms with van der Waals surface area (Å²) >= 11 is 0. The summed E-state index contributed by atoms with van der Waals surface area (Å²) < 4.78 is 20.8. The van der Waals surface area contributed by atoms with Gasteiger partial charge in [0, 0.05) is 60.8 Å². The average molecular weight is 531 g/mol. The molecule has 0 saturated carbocycles. The lowest BCUT2D eigenvalue weighted by atomic mass is 10.0. The predicted octanol–water partition coefficient (Wildman–Crippen LogP) is 3.64. The Balaban J connectivity index is 1.31. The van der Waals surface area contributed by atoms with Crippen molar-refractivity contribution in [1.82, 2.24) is 19.8 Å². The zero-order chi connectivity index (χ0) is 26.9. The maximum Gasteiger partial charge on any atom is 0.318 e. The van der Waals surface area contributed by atoms with Gasteiger partial charge in [-0.15, -0.1) is 0 Å². The predicted molar refractivity (Wildman–Crippen MR) is 151 cm³/mol. The first-order valence-electron chi connectivity index (χ1n) is 13.8. The number of aromatic nitrogens is 2. The molecular weight excluding hydrogens is 495 g/mol. The van der Waals surface area contributed by atoms with Crippen molar-refractivity contribution in [3.05, 3.63) is 66.1 Å². The standard InChI is InChI=1S/C30H35FN6O2/c1-3-28(38)35-15-17-36(18-16-35)29-24-12-14-37(27-11-10-25(31)22-8-4-5-9-23(22)27)19-26(24)32-30(33-29)39-20-21-7-6-13-34(21)2/h3-5,8-11,21H,1,6-7,12-20H2,2H3/t21-/m1/s1. The molecule has 39 heavy (non-hydrogen) atoms. The van der Waals surface area contributed by atoms with E-state index in [0.717, 1.165) is 54.1 Å². The zero-order valence-corrected chi connectivity index (χ0v) is 22.5. The molecule has 0 unspecified atom stereocenters. The molecule has 2 fully saturated rings. The second-order valence-corrected chi connectivity index (χ2v) is 10.6. The SMILES string of the molecule is C=CC(=O)N1CCN(c2nc(OC[C@H]3CCCN3C)nc3c2CCN(c2ccc(F)c4ccccc24)C3)CC1. The molecule has 1 atom stereocenters. The van der Waals surface area contributed by atoms with Crippen LogP contribution in [0.1, 0.15) is 24.1 Å². The summed E-state index contributed by atoms with van der Waals surface area (Å²) in [6.45, 7) is 9.28. The third-order valence-electron chi connectivity index (χ3n) is 8.35. The van der Waals surface area contributed by atoms with E-state index in [9.17, 15) is 9.18 Å². The Bertz CT molecular complexity index is 1390. The summed E-state index contributed by atoms with van der Waals surface area (Å²) in [5.74, 6) is 0.661. The van der Waals surface area contributed by atoms with Crippen LogP contribution in [0.25, 0.3) is 10.8 Å². The first-order chi connectivity index (χ1) is 19.0. The number of rotatable bonds is 6. The number of nitrogens with zero attached hydrogens (tertiary/aromatic N) is 6. The Morgan fingerprint density at radius 2 is 1.85 bits per heavy atom. The van der Waals surface area contributed by atoms with Gasteiger partial charge in [-0.2, -0.15) is 9.97 Å². The number of likely N-dealkylation sites (N-methyl/N-ethyl adjacent to an activating group) is 1. The fourth-order valence-corrected chi connectivity index (χ4v) is 6.07. The average Bonchev–Trinajstić information content (AvgIpc) is 3.39. The van der Waals surface area contributed by atoms with Crippen LogP contribution in [0.4, 0.5) is 15.9 Å². The van der Waals surface area contributed by atoms with E-state index in [1.807, 2.05) is 35.2 Å². The Morgan fingerprint density at radius 3 is 2.59 bits per heavy atom. The van der Waals surface area contributed by atoms with Gasteiger partial charge in [0.2, 0.25) is 5.91 Å². The van der Waals surface area contributed by atoms with Gasteiger partial charge in [0.05, 0.1) is 12.2 Å². The zero-order valence-electron chi connectivity index (χ0n) is 22.5. The number of anilines is 2. The molecule has 3 aliphatic rings. The van der Waals surface area contributed by atoms with Crippen molar-refractivity contribution in [3.63, 3.8) is 0 Å². The summed E-state index contributed by atoms with van der Waals surface area (Å²) in [4.78, 5) is 30.7. The molecule has 3 aliphatic heterocycles. The van der Waals surface area contributed by atoms with Gasteiger partial charge in [0.15, 0.2) is 0 Å². The largest absolute Gasteiger partial charge is 0.462 e. The van der Waals surface area contributed by atoms with Crippen molar-refractivity contribution in [2.75, 3.05) is 62.7 Å². The number of fused-ring (bicyclic) bond motifs is 2. The summed E-state index contributed by atoms with van der Waals surface area (Å²) in [5.41, 5.74) is 3.08. The Kier molecular flexibility index (Phi) is 7.08. The van der Waals surface area contributed by atoms with E-state index < -0.39 is 0 Å². The van der Waals surface area contributed by atoms with Crippen molar-refractivity contribution < 1.29 is 13.9 Å². The van der Waals surface area contributed by atoms with Crippen molar-refractivity contribution in [1.29, 1.82) is 0 Å². The Hall–Kier alpha value is -3.72. The lowest BCUT2D eigenvalue weighted by Gasteiger charge is -2.38. The third-order valence-corrected chi connectivity index (χ3v) is 8.35. The van der Waals surface area contributed by atoms with E-state index in [1.165, 1.54) is 12.5 Å². The van der Waals surface area contributed by atoms with Gasteiger partial charge >= 0.3 is 6.01 Å². The summed E-state index contributed by atoms with van der Waals surface area (Å²) in [5, 5.41) is 1.53. The van der Waals surface area contributed by atoms with Crippen LogP contribution < -0.4 is 14.5 Å². The van der Waals surface area contributed by atoms with Gasteiger partial charge in [-0.3, -0.25) is 4.79 Å². The number of likely N-dealkylation sites (tertiary alicyclic amines) is 1. The van der Waals surface area contributed by atoms with Crippen LogP contribution in [-0.2, 0) is 17.8 Å². The number of ether oxygens (including phenoxy) is 1. The van der Waals surface area contributed by atoms with Gasteiger partial charge in [-0.05, 0) is 51.1 Å². The monoisotopic (exact) mass is 530 g/mol. The summed E-state index contributed by atoms with van der Waals surface area (Å²) in [7, 11) is 2.13. The molecule has 204 valence electrons. The molecular formula is C30H35FN6O2. The Morgan fingerprint density at radius 1 is 1.05 bits per heavy atom. The van der Waals surface area contributed by atoms with E-state index in [0.29, 0.717) is 56.8 Å². The quantitative estimate of drug-likeness (QED) is 0.451. The number of carbonyl (C=O) groups excluding carboxylic acids is 1. The van der Waals surface area contributed by atoms with Crippen molar-refractivity contribution in [2.45, 2.75) is 31.8 Å². The van der Waals surface area contributed by atoms with E-state index in [4.69, 9.17) is 14.7 Å². The molecule has 4 heterocycles. The molecule has 1 aromatic heterocycles. The fourth-order valence-electron chi connectivity index (χ4n) is 6.07. The number of hydrogen-bond donors (Lipinski definition) is 0. The van der Waals surface area contributed by atoms with E-state index in [2.05, 4.69) is 28.3 Å². The Labute approximate surface area is 228 Å². The summed E-state index contributed by atoms with van der Waals surface area (Å²) in [6, 6.07) is 11.8. The number of benzene rings is 2. The highest BCUT2D eigenvalue weighted by atomic mass is 19.1. The van der Waals surface area contributed by atoms with Crippen LogP contribution in [-0.4, -0.2) is 84.6 Å². The minimum Gasteiger partial charge on any atom is -0.462 e. The van der Waals surface area contributed by atoms with Crippen molar-refractivity contribution in [2.24, 2.45) is 0 Å². The summed E-state index contributed by atoms with van der Waals surface area (Å²) in [6.07, 6.45) is 4.43. The number of carbonyl (C=O) groups is 1. The number of hydrogen-bond acceptors (Lipinski definition) is 7. The normalized spacial score (nSPS) is 19.8. The van der Waals surface area contributed by atoms with Crippen molar-refractivity contribution >= 4 is 28.2 Å². The second kappa shape index (κ2) is 10.8. The number of piperazine rings is 1. The highest BCUT2D eigenvalue weighted by molar-refractivity contribution is 5.94. The number of halogens is 1. The topological polar surface area (TPSA) is 65.0 Å². The molecule has 0 spiro atoms. The van der Waals surface area contributed by atoms with Crippen LogP contribution in [0, 0.1) is 5.82 Å². The van der Waals surface area contributed by atoms with Gasteiger partial charge in [0.1, 0.15) is 18.2 Å². The molecule has 0 N–H and O–H groups in total. The van der Waals surface area contributed by atoms with Gasteiger partial charge in [0.25, 0.3) is 0 Å². The van der Waals surface area contributed by atoms with Gasteiger partial charge in [-0.1, -0.05) is 30.8 Å². The minimum absolute atomic E-state index is 0.0359. The van der Waals surface area contributed by atoms with Crippen molar-refractivity contribution in [3.8, 4) is 6.01 Å². The van der Waals surface area contributed by atoms with Crippen LogP contribution in [0.5, 0.6) is 6.01 Å². The smallest absolute Gasteiger partial charge is 0.318 e. The highest BCUT2D eigenvalue weighted by Gasteiger charge is 2.30. The maximum absolute atomic E-state index is 14.5. The van der Waals surface area contributed by atoms with Crippen LogP contribution in [0.2, 0.25) is 0 Å². The molecule has 9 heteroatoms. The second-order valence-electron chi connectivity index (χ2n) is 10.6. The molecule has 2 aromatic carbocycles. The molecule has 3 aromatic rings. The van der Waals surface area contributed by atoms with Gasteiger partial charge in [-0.25, -0.2) is 4.39 Å².